The Hall–Kier alpha value is -4.65. The summed E-state index contributed by atoms with van der Waals surface area (Å²) in [5.74, 6) is -5.38. The number of carbonyl (C=O) groups is 5. The third-order valence-electron chi connectivity index (χ3n) is 5.48. The van der Waals surface area contributed by atoms with Crippen LogP contribution in [0.25, 0.3) is 0 Å². The molecule has 2 rings (SSSR count). The number of carboxylic acid groups (broad SMARTS) is 2. The van der Waals surface area contributed by atoms with Crippen LogP contribution < -0.4 is 21.7 Å². The Kier molecular flexibility index (Phi) is 10.6. The average molecular weight is 531 g/mol. The van der Waals surface area contributed by atoms with Gasteiger partial charge in [-0.15, -0.1) is 0 Å². The second-order valence-electron chi connectivity index (χ2n) is 8.64. The van der Waals surface area contributed by atoms with Crippen molar-refractivity contribution in [3.8, 4) is 11.5 Å². The number of aliphatic carboxylic acids is 2. The summed E-state index contributed by atoms with van der Waals surface area (Å²) in [6.45, 7) is 1.36. The zero-order chi connectivity index (χ0) is 28.4. The molecule has 2 aromatic carbocycles. The van der Waals surface area contributed by atoms with Gasteiger partial charge in [0.2, 0.25) is 17.7 Å². The highest BCUT2D eigenvalue weighted by molar-refractivity contribution is 5.94. The van der Waals surface area contributed by atoms with E-state index in [9.17, 15) is 39.3 Å². The number of hydrogen-bond acceptors (Lipinski definition) is 8. The molecule has 0 fully saturated rings. The SMILES string of the molecule is CC(NC(=O)C(N)Cc1ccc(O)cc1)C(=O)NC(Cc1ccc(O)cc1)C(=O)NC(CC(=O)O)C(=O)O. The number of hydrogen-bond donors (Lipinski definition) is 8. The number of carboxylic acids is 2. The van der Waals surface area contributed by atoms with Gasteiger partial charge in [0, 0.05) is 6.42 Å². The molecule has 13 heteroatoms. The van der Waals surface area contributed by atoms with Crippen molar-refractivity contribution < 1.29 is 44.4 Å². The van der Waals surface area contributed by atoms with Gasteiger partial charge in [0.05, 0.1) is 12.5 Å². The van der Waals surface area contributed by atoms with Gasteiger partial charge >= 0.3 is 11.9 Å². The van der Waals surface area contributed by atoms with Crippen LogP contribution in [0.2, 0.25) is 0 Å². The summed E-state index contributed by atoms with van der Waals surface area (Å²) in [5.41, 5.74) is 7.11. The highest BCUT2D eigenvalue weighted by Crippen LogP contribution is 2.13. The Morgan fingerprint density at radius 2 is 1.18 bits per heavy atom. The molecule has 0 aliphatic rings. The molecule has 4 atom stereocenters. The second kappa shape index (κ2) is 13.6. The number of benzene rings is 2. The van der Waals surface area contributed by atoms with Crippen LogP contribution in [0.4, 0.5) is 0 Å². The van der Waals surface area contributed by atoms with Crippen molar-refractivity contribution in [2.45, 2.75) is 50.4 Å². The highest BCUT2D eigenvalue weighted by Gasteiger charge is 2.30. The molecule has 38 heavy (non-hydrogen) atoms. The van der Waals surface area contributed by atoms with E-state index in [0.717, 1.165) is 0 Å². The van der Waals surface area contributed by atoms with Crippen LogP contribution in [0.3, 0.4) is 0 Å². The minimum Gasteiger partial charge on any atom is -0.508 e. The Labute approximate surface area is 217 Å². The van der Waals surface area contributed by atoms with E-state index in [-0.39, 0.29) is 24.3 Å². The number of rotatable bonds is 13. The summed E-state index contributed by atoms with van der Waals surface area (Å²) in [6.07, 6.45) is -0.878. The molecule has 0 aromatic heterocycles. The molecule has 4 unspecified atom stereocenters. The number of nitrogens with two attached hydrogens (primary N) is 1. The molecule has 0 radical (unpaired) electrons. The highest BCUT2D eigenvalue weighted by atomic mass is 16.4. The molecule has 0 aliphatic carbocycles. The van der Waals surface area contributed by atoms with Gasteiger partial charge < -0.3 is 42.1 Å². The lowest BCUT2D eigenvalue weighted by molar-refractivity contribution is -0.147. The molecule has 0 bridgehead atoms. The number of carbonyl (C=O) groups excluding carboxylic acids is 3. The van der Waals surface area contributed by atoms with Gasteiger partial charge in [0.25, 0.3) is 0 Å². The zero-order valence-electron chi connectivity index (χ0n) is 20.5. The van der Waals surface area contributed by atoms with E-state index in [4.69, 9.17) is 10.8 Å². The number of nitrogens with one attached hydrogen (secondary N) is 3. The molecule has 9 N–H and O–H groups in total. The predicted octanol–water partition coefficient (Wildman–Crippen LogP) is -0.756. The normalized spacial score (nSPS) is 13.8. The summed E-state index contributed by atoms with van der Waals surface area (Å²) in [7, 11) is 0. The lowest BCUT2D eigenvalue weighted by Crippen LogP contribution is -2.57. The Morgan fingerprint density at radius 1 is 0.711 bits per heavy atom. The standard InChI is InChI=1S/C25H30N4O9/c1-13(27-23(35)18(26)10-14-2-6-16(30)7-3-14)22(34)28-19(11-15-4-8-17(31)9-5-15)24(36)29-20(25(37)38)12-21(32)33/h2-9,13,18-20,30-31H,10-12,26H2,1H3,(H,27,35)(H,28,34)(H,29,36)(H,32,33)(H,37,38). The predicted molar refractivity (Wildman–Crippen MR) is 133 cm³/mol. The molecule has 0 spiro atoms. The molecule has 0 heterocycles. The van der Waals surface area contributed by atoms with Crippen LogP contribution in [0.1, 0.15) is 24.5 Å². The lowest BCUT2D eigenvalue weighted by atomic mass is 10.0. The van der Waals surface area contributed by atoms with Gasteiger partial charge in [-0.05, 0) is 48.7 Å². The van der Waals surface area contributed by atoms with Gasteiger partial charge in [0.15, 0.2) is 0 Å². The number of amides is 3. The van der Waals surface area contributed by atoms with Crippen molar-refractivity contribution in [1.82, 2.24) is 16.0 Å². The summed E-state index contributed by atoms with van der Waals surface area (Å²) >= 11 is 0. The zero-order valence-corrected chi connectivity index (χ0v) is 20.5. The molecule has 0 saturated heterocycles. The van der Waals surface area contributed by atoms with Crippen LogP contribution in [0.5, 0.6) is 11.5 Å². The fraction of sp³-hybridized carbons (Fsp3) is 0.320. The summed E-state index contributed by atoms with van der Waals surface area (Å²) in [4.78, 5) is 60.6. The molecule has 204 valence electrons. The van der Waals surface area contributed by atoms with E-state index in [1.807, 2.05) is 0 Å². The Morgan fingerprint density at radius 3 is 1.66 bits per heavy atom. The van der Waals surface area contributed by atoms with Crippen LogP contribution >= 0.6 is 0 Å². The van der Waals surface area contributed by atoms with Crippen LogP contribution in [0, 0.1) is 0 Å². The number of phenolic OH excluding ortho intramolecular Hbond substituents is 2. The molecule has 0 saturated carbocycles. The molecular weight excluding hydrogens is 500 g/mol. The monoisotopic (exact) mass is 530 g/mol. The van der Waals surface area contributed by atoms with Crippen molar-refractivity contribution >= 4 is 29.7 Å². The summed E-state index contributed by atoms with van der Waals surface area (Å²) < 4.78 is 0. The molecule has 3 amide bonds. The first-order valence-corrected chi connectivity index (χ1v) is 11.5. The van der Waals surface area contributed by atoms with Gasteiger partial charge in [-0.1, -0.05) is 24.3 Å². The van der Waals surface area contributed by atoms with Crippen molar-refractivity contribution in [3.63, 3.8) is 0 Å². The van der Waals surface area contributed by atoms with E-state index in [0.29, 0.717) is 11.1 Å². The van der Waals surface area contributed by atoms with Crippen LogP contribution in [-0.2, 0) is 36.8 Å². The number of phenols is 2. The van der Waals surface area contributed by atoms with E-state index >= 15 is 0 Å². The Bertz CT molecular complexity index is 1150. The average Bonchev–Trinajstić information content (AvgIpc) is 2.85. The van der Waals surface area contributed by atoms with Crippen molar-refractivity contribution in [2.24, 2.45) is 5.73 Å². The molecule has 2 aromatic rings. The van der Waals surface area contributed by atoms with Crippen LogP contribution in [0.15, 0.2) is 48.5 Å². The fourth-order valence-corrected chi connectivity index (χ4v) is 3.39. The largest absolute Gasteiger partial charge is 0.508 e. The van der Waals surface area contributed by atoms with Crippen LogP contribution in [-0.4, -0.2) is 74.3 Å². The first-order chi connectivity index (χ1) is 17.8. The van der Waals surface area contributed by atoms with E-state index in [1.54, 1.807) is 12.1 Å². The first kappa shape index (κ1) is 29.6. The minimum absolute atomic E-state index is 0.0360. The maximum Gasteiger partial charge on any atom is 0.326 e. The van der Waals surface area contributed by atoms with Gasteiger partial charge in [-0.2, -0.15) is 0 Å². The fourth-order valence-electron chi connectivity index (χ4n) is 3.39. The smallest absolute Gasteiger partial charge is 0.326 e. The van der Waals surface area contributed by atoms with E-state index in [1.165, 1.54) is 43.3 Å². The molecule has 0 aliphatic heterocycles. The minimum atomic E-state index is -1.74. The second-order valence-corrected chi connectivity index (χ2v) is 8.64. The number of aromatic hydroxyl groups is 2. The molecular formula is C25H30N4O9. The van der Waals surface area contributed by atoms with Crippen molar-refractivity contribution in [3.05, 3.63) is 59.7 Å². The van der Waals surface area contributed by atoms with E-state index < -0.39 is 60.2 Å². The Balaban J connectivity index is 2.09. The third kappa shape index (κ3) is 9.43. The third-order valence-corrected chi connectivity index (χ3v) is 5.48. The van der Waals surface area contributed by atoms with Crippen molar-refractivity contribution in [2.75, 3.05) is 0 Å². The maximum absolute atomic E-state index is 12.9. The van der Waals surface area contributed by atoms with Crippen molar-refractivity contribution in [1.29, 1.82) is 0 Å². The first-order valence-electron chi connectivity index (χ1n) is 11.5. The van der Waals surface area contributed by atoms with E-state index in [2.05, 4.69) is 16.0 Å². The van der Waals surface area contributed by atoms with Gasteiger partial charge in [0.1, 0.15) is 29.6 Å². The summed E-state index contributed by atoms with van der Waals surface area (Å²) in [6, 6.07) is 6.53. The molecule has 13 nitrogen and oxygen atoms in total. The van der Waals surface area contributed by atoms with Gasteiger partial charge in [-0.25, -0.2) is 4.79 Å². The maximum atomic E-state index is 12.9. The lowest BCUT2D eigenvalue weighted by Gasteiger charge is -2.23. The van der Waals surface area contributed by atoms with Gasteiger partial charge in [-0.3, -0.25) is 19.2 Å². The quantitative estimate of drug-likeness (QED) is 0.161. The topological polar surface area (TPSA) is 228 Å². The summed E-state index contributed by atoms with van der Waals surface area (Å²) in [5, 5.41) is 44.0.